The van der Waals surface area contributed by atoms with Gasteiger partial charge in [-0.05, 0) is 0 Å². The van der Waals surface area contributed by atoms with Crippen LogP contribution < -0.4 is 4.74 Å². The summed E-state index contributed by atoms with van der Waals surface area (Å²) in [4.78, 5) is 3.36. The number of hydrogen-bond donors (Lipinski definition) is 0. The van der Waals surface area contributed by atoms with Crippen LogP contribution in [-0.4, -0.2) is 36.4 Å². The van der Waals surface area contributed by atoms with Gasteiger partial charge in [0.05, 0.1) is 25.0 Å². The number of pyridine rings is 1. The Morgan fingerprint density at radius 2 is 1.80 bits per heavy atom. The van der Waals surface area contributed by atoms with E-state index in [1.165, 1.54) is 0 Å². The van der Waals surface area contributed by atoms with E-state index in [0.717, 1.165) is 6.20 Å². The first-order valence-corrected chi connectivity index (χ1v) is 7.68. The van der Waals surface area contributed by atoms with E-state index < -0.39 is 60.7 Å². The van der Waals surface area contributed by atoms with Gasteiger partial charge in [0.1, 0.15) is 11.9 Å². The fourth-order valence-corrected chi connectivity index (χ4v) is 3.52. The summed E-state index contributed by atoms with van der Waals surface area (Å²) in [6.07, 6.45) is -8.28. The van der Waals surface area contributed by atoms with Gasteiger partial charge in [-0.2, -0.15) is 13.2 Å². The molecule has 1 saturated carbocycles. The minimum Gasteiger partial charge on any atom is -0.488 e. The smallest absolute Gasteiger partial charge is 0.433 e. The summed E-state index contributed by atoms with van der Waals surface area (Å²) in [6.45, 7) is -0.117. The minimum absolute atomic E-state index is 0.0584. The number of fused-ring (bicyclic) bond motifs is 2. The molecule has 1 unspecified atom stereocenters. The minimum atomic E-state index is -4.85. The Labute approximate surface area is 138 Å². The van der Waals surface area contributed by atoms with Crippen LogP contribution in [0.5, 0.6) is 5.75 Å². The molecule has 0 N–H and O–H groups in total. The summed E-state index contributed by atoms with van der Waals surface area (Å²) in [7, 11) is 0. The number of ether oxygens (including phenoxy) is 3. The fraction of sp³-hybridized carbons (Fsp3) is 0.667. The van der Waals surface area contributed by atoms with Gasteiger partial charge < -0.3 is 14.2 Å². The molecule has 4 rings (SSSR count). The van der Waals surface area contributed by atoms with Crippen LogP contribution >= 0.6 is 0 Å². The van der Waals surface area contributed by atoms with Crippen molar-refractivity contribution in [1.29, 1.82) is 0 Å². The summed E-state index contributed by atoms with van der Waals surface area (Å²) in [5, 5.41) is 0. The Balaban J connectivity index is 1.76. The van der Waals surface area contributed by atoms with Crippen molar-refractivity contribution in [3.05, 3.63) is 23.0 Å². The standard InChI is InChI=1S/C15H13F6NO3/c16-10-3-8-9(25-7-4-13(17,18)5-7)6-22-12(15(19,20)21)11(8)14(10)23-1-2-24-14/h6-7,10H,1-5H2. The lowest BCUT2D eigenvalue weighted by Gasteiger charge is -2.35. The zero-order valence-electron chi connectivity index (χ0n) is 12.7. The zero-order valence-corrected chi connectivity index (χ0v) is 12.7. The Bertz CT molecular complexity index is 693. The highest BCUT2D eigenvalue weighted by Crippen LogP contribution is 2.52. The molecule has 1 aromatic rings. The van der Waals surface area contributed by atoms with E-state index in [0.29, 0.717) is 0 Å². The second kappa shape index (κ2) is 5.23. The number of halogens is 6. The van der Waals surface area contributed by atoms with Gasteiger partial charge in [-0.15, -0.1) is 0 Å². The topological polar surface area (TPSA) is 40.6 Å². The van der Waals surface area contributed by atoms with E-state index in [9.17, 15) is 26.3 Å². The van der Waals surface area contributed by atoms with Crippen molar-refractivity contribution in [3.8, 4) is 5.75 Å². The molecule has 1 atom stereocenters. The van der Waals surface area contributed by atoms with Crippen molar-refractivity contribution in [3.63, 3.8) is 0 Å². The molecule has 4 nitrogen and oxygen atoms in total. The van der Waals surface area contributed by atoms with Crippen molar-refractivity contribution in [2.45, 2.75) is 49.4 Å². The normalized spacial score (nSPS) is 27.4. The summed E-state index contributed by atoms with van der Waals surface area (Å²) >= 11 is 0. The van der Waals surface area contributed by atoms with Gasteiger partial charge in [-0.1, -0.05) is 0 Å². The molecule has 25 heavy (non-hydrogen) atoms. The molecule has 2 fully saturated rings. The van der Waals surface area contributed by atoms with Crippen molar-refractivity contribution in [2.75, 3.05) is 13.2 Å². The van der Waals surface area contributed by atoms with Gasteiger partial charge in [0.15, 0.2) is 11.9 Å². The highest BCUT2D eigenvalue weighted by Gasteiger charge is 2.59. The van der Waals surface area contributed by atoms with E-state index >= 15 is 0 Å². The van der Waals surface area contributed by atoms with E-state index in [2.05, 4.69) is 4.98 Å². The molecule has 0 amide bonds. The average molecular weight is 369 g/mol. The molecule has 1 aliphatic heterocycles. The molecule has 2 aliphatic carbocycles. The fourth-order valence-electron chi connectivity index (χ4n) is 3.52. The van der Waals surface area contributed by atoms with Crippen LogP contribution in [0.2, 0.25) is 0 Å². The number of alkyl halides is 6. The van der Waals surface area contributed by atoms with Crippen molar-refractivity contribution in [2.24, 2.45) is 0 Å². The van der Waals surface area contributed by atoms with Crippen LogP contribution in [0, 0.1) is 0 Å². The lowest BCUT2D eigenvalue weighted by atomic mass is 9.91. The number of rotatable bonds is 2. The van der Waals surface area contributed by atoms with Crippen LogP contribution in [-0.2, 0) is 27.9 Å². The van der Waals surface area contributed by atoms with Crippen LogP contribution in [0.3, 0.4) is 0 Å². The van der Waals surface area contributed by atoms with E-state index in [1.54, 1.807) is 0 Å². The number of aromatic nitrogens is 1. The van der Waals surface area contributed by atoms with Crippen LogP contribution in [0.4, 0.5) is 26.3 Å². The van der Waals surface area contributed by atoms with E-state index in [4.69, 9.17) is 14.2 Å². The van der Waals surface area contributed by atoms with Gasteiger partial charge in [-0.3, -0.25) is 0 Å². The first kappa shape index (κ1) is 16.9. The third kappa shape index (κ3) is 2.57. The molecule has 1 aromatic heterocycles. The quantitative estimate of drug-likeness (QED) is 0.750. The third-order valence-electron chi connectivity index (χ3n) is 4.62. The Morgan fingerprint density at radius 3 is 2.36 bits per heavy atom. The van der Waals surface area contributed by atoms with Gasteiger partial charge in [0.2, 0.25) is 5.79 Å². The molecular formula is C15H13F6NO3. The Hall–Kier alpha value is -1.55. The van der Waals surface area contributed by atoms with Crippen molar-refractivity contribution < 1.29 is 40.6 Å². The SMILES string of the molecule is FC1Cc2c(OC3CC(F)(F)C3)cnc(C(F)(F)F)c2C12OCCO2. The lowest BCUT2D eigenvalue weighted by molar-refractivity contribution is -0.207. The van der Waals surface area contributed by atoms with Crippen LogP contribution in [0.1, 0.15) is 29.7 Å². The maximum Gasteiger partial charge on any atom is 0.433 e. The zero-order chi connectivity index (χ0) is 18.0. The van der Waals surface area contributed by atoms with Gasteiger partial charge >= 0.3 is 6.18 Å². The predicted molar refractivity (Wildman–Crippen MR) is 70.0 cm³/mol. The maximum atomic E-state index is 14.6. The van der Waals surface area contributed by atoms with Crippen LogP contribution in [0.25, 0.3) is 0 Å². The van der Waals surface area contributed by atoms with E-state index in [-0.39, 0.29) is 24.5 Å². The molecule has 0 radical (unpaired) electrons. The lowest BCUT2D eigenvalue weighted by Crippen LogP contribution is -2.43. The molecule has 1 spiro atoms. The number of nitrogens with zero attached hydrogens (tertiary/aromatic N) is 1. The molecule has 1 saturated heterocycles. The largest absolute Gasteiger partial charge is 0.488 e. The summed E-state index contributed by atoms with van der Waals surface area (Å²) in [5.74, 6) is -5.16. The van der Waals surface area contributed by atoms with Gasteiger partial charge in [0, 0.05) is 24.8 Å². The Morgan fingerprint density at radius 1 is 1.16 bits per heavy atom. The second-order valence-corrected chi connectivity index (χ2v) is 6.36. The van der Waals surface area contributed by atoms with E-state index in [1.807, 2.05) is 0 Å². The highest BCUT2D eigenvalue weighted by atomic mass is 19.4. The molecule has 10 heteroatoms. The summed E-state index contributed by atoms with van der Waals surface area (Å²) < 4.78 is 96.2. The van der Waals surface area contributed by atoms with Crippen molar-refractivity contribution in [1.82, 2.24) is 4.98 Å². The maximum absolute atomic E-state index is 14.6. The molecule has 0 aromatic carbocycles. The molecule has 138 valence electrons. The Kier molecular flexibility index (Phi) is 3.53. The van der Waals surface area contributed by atoms with Crippen LogP contribution in [0.15, 0.2) is 6.20 Å². The average Bonchev–Trinajstić information content (AvgIpc) is 3.05. The summed E-state index contributed by atoms with van der Waals surface area (Å²) in [6, 6.07) is 0. The first-order chi connectivity index (χ1) is 11.6. The number of hydrogen-bond acceptors (Lipinski definition) is 4. The second-order valence-electron chi connectivity index (χ2n) is 6.36. The van der Waals surface area contributed by atoms with Gasteiger partial charge in [0.25, 0.3) is 5.92 Å². The van der Waals surface area contributed by atoms with Crippen molar-refractivity contribution >= 4 is 0 Å². The molecular weight excluding hydrogens is 356 g/mol. The molecule has 2 heterocycles. The predicted octanol–water partition coefficient (Wildman–Crippen LogP) is 3.37. The highest BCUT2D eigenvalue weighted by molar-refractivity contribution is 5.50. The van der Waals surface area contributed by atoms with Gasteiger partial charge in [-0.25, -0.2) is 18.2 Å². The monoisotopic (exact) mass is 369 g/mol. The molecule has 3 aliphatic rings. The first-order valence-electron chi connectivity index (χ1n) is 7.68. The molecule has 0 bridgehead atoms. The summed E-state index contributed by atoms with van der Waals surface area (Å²) in [5.41, 5.74) is -1.95. The third-order valence-corrected chi connectivity index (χ3v) is 4.62.